The number of piperidine rings is 1. The van der Waals surface area contributed by atoms with Crippen LogP contribution in [-0.2, 0) is 14.3 Å². The standard InChI is InChI=1S/C18H33NO4/c1-5-6-7-9-14(12-16(21)23-18(2,3)4)17(22)19-11-8-10-15(20)13-19/h14-15,20H,5-13H2,1-4H3. The second-order valence-electron chi connectivity index (χ2n) is 7.56. The molecule has 1 rings (SSSR count). The summed E-state index contributed by atoms with van der Waals surface area (Å²) < 4.78 is 5.37. The van der Waals surface area contributed by atoms with Gasteiger partial charge in [0.05, 0.1) is 12.5 Å². The lowest BCUT2D eigenvalue weighted by Crippen LogP contribution is -2.45. The van der Waals surface area contributed by atoms with E-state index in [0.717, 1.165) is 32.1 Å². The van der Waals surface area contributed by atoms with Crippen molar-refractivity contribution in [3.8, 4) is 0 Å². The smallest absolute Gasteiger partial charge is 0.307 e. The average Bonchev–Trinajstić information content (AvgIpc) is 2.43. The fourth-order valence-electron chi connectivity index (χ4n) is 2.95. The van der Waals surface area contributed by atoms with E-state index in [9.17, 15) is 14.7 Å². The number of unbranched alkanes of at least 4 members (excludes halogenated alkanes) is 2. The van der Waals surface area contributed by atoms with E-state index in [1.54, 1.807) is 4.90 Å². The van der Waals surface area contributed by atoms with Crippen LogP contribution in [0.15, 0.2) is 0 Å². The maximum Gasteiger partial charge on any atom is 0.307 e. The Hall–Kier alpha value is -1.10. The van der Waals surface area contributed by atoms with Gasteiger partial charge in [0.25, 0.3) is 0 Å². The molecule has 0 spiro atoms. The number of carbonyl (C=O) groups is 2. The van der Waals surface area contributed by atoms with E-state index >= 15 is 0 Å². The Bertz CT molecular complexity index is 389. The Balaban J connectivity index is 2.66. The molecule has 23 heavy (non-hydrogen) atoms. The summed E-state index contributed by atoms with van der Waals surface area (Å²) in [4.78, 5) is 26.6. The predicted molar refractivity (Wildman–Crippen MR) is 89.9 cm³/mol. The zero-order valence-corrected chi connectivity index (χ0v) is 15.1. The second-order valence-corrected chi connectivity index (χ2v) is 7.56. The maximum absolute atomic E-state index is 12.7. The Morgan fingerprint density at radius 2 is 2.00 bits per heavy atom. The van der Waals surface area contributed by atoms with Crippen LogP contribution in [0.3, 0.4) is 0 Å². The van der Waals surface area contributed by atoms with Crippen molar-refractivity contribution in [2.45, 2.75) is 84.3 Å². The van der Waals surface area contributed by atoms with Gasteiger partial charge in [0, 0.05) is 19.0 Å². The van der Waals surface area contributed by atoms with Crippen molar-refractivity contribution in [2.24, 2.45) is 5.92 Å². The molecule has 0 saturated carbocycles. The van der Waals surface area contributed by atoms with Crippen molar-refractivity contribution in [1.29, 1.82) is 0 Å². The third kappa shape index (κ3) is 7.82. The van der Waals surface area contributed by atoms with Gasteiger partial charge in [-0.3, -0.25) is 9.59 Å². The lowest BCUT2D eigenvalue weighted by atomic mass is 9.94. The molecule has 0 bridgehead atoms. The predicted octanol–water partition coefficient (Wildman–Crippen LogP) is 2.90. The van der Waals surface area contributed by atoms with Crippen LogP contribution < -0.4 is 0 Å². The molecule has 1 N–H and O–H groups in total. The first kappa shape index (κ1) is 19.9. The summed E-state index contributed by atoms with van der Waals surface area (Å²) in [6.07, 6.45) is 5.04. The molecule has 2 unspecified atom stereocenters. The van der Waals surface area contributed by atoms with Gasteiger partial charge in [-0.1, -0.05) is 26.2 Å². The highest BCUT2D eigenvalue weighted by molar-refractivity contribution is 5.84. The van der Waals surface area contributed by atoms with E-state index in [2.05, 4.69) is 6.92 Å². The first-order valence-corrected chi connectivity index (χ1v) is 8.91. The van der Waals surface area contributed by atoms with Gasteiger partial charge < -0.3 is 14.7 Å². The molecule has 5 heteroatoms. The van der Waals surface area contributed by atoms with E-state index in [4.69, 9.17) is 4.74 Å². The number of esters is 1. The quantitative estimate of drug-likeness (QED) is 0.577. The third-order valence-electron chi connectivity index (χ3n) is 4.05. The highest BCUT2D eigenvalue weighted by Crippen LogP contribution is 2.22. The second kappa shape index (κ2) is 9.26. The molecule has 0 radical (unpaired) electrons. The Labute approximate surface area is 140 Å². The van der Waals surface area contributed by atoms with Crippen molar-refractivity contribution in [1.82, 2.24) is 4.90 Å². The molecule has 1 amide bonds. The minimum absolute atomic E-state index is 0.00860. The van der Waals surface area contributed by atoms with Crippen LogP contribution in [0.25, 0.3) is 0 Å². The van der Waals surface area contributed by atoms with E-state index in [1.807, 2.05) is 20.8 Å². The Morgan fingerprint density at radius 3 is 2.57 bits per heavy atom. The number of aliphatic hydroxyl groups is 1. The zero-order chi connectivity index (χ0) is 17.5. The topological polar surface area (TPSA) is 66.8 Å². The summed E-state index contributed by atoms with van der Waals surface area (Å²) in [6.45, 7) is 8.68. The number of nitrogens with zero attached hydrogens (tertiary/aromatic N) is 1. The molecular weight excluding hydrogens is 294 g/mol. The molecule has 0 aromatic carbocycles. The van der Waals surface area contributed by atoms with Crippen LogP contribution >= 0.6 is 0 Å². The number of aliphatic hydroxyl groups excluding tert-OH is 1. The molecule has 0 aromatic heterocycles. The van der Waals surface area contributed by atoms with Crippen molar-refractivity contribution in [3.05, 3.63) is 0 Å². The van der Waals surface area contributed by atoms with Crippen LogP contribution in [0, 0.1) is 5.92 Å². The highest BCUT2D eigenvalue weighted by atomic mass is 16.6. The maximum atomic E-state index is 12.7. The molecule has 0 aromatic rings. The summed E-state index contributed by atoms with van der Waals surface area (Å²) in [5.74, 6) is -0.655. The van der Waals surface area contributed by atoms with Crippen LogP contribution in [0.1, 0.15) is 72.6 Å². The van der Waals surface area contributed by atoms with Gasteiger partial charge >= 0.3 is 5.97 Å². The molecule has 5 nitrogen and oxygen atoms in total. The van der Waals surface area contributed by atoms with Crippen LogP contribution in [0.4, 0.5) is 0 Å². The lowest BCUT2D eigenvalue weighted by molar-refractivity contribution is -0.159. The number of amides is 1. The molecular formula is C18H33NO4. The van der Waals surface area contributed by atoms with Crippen molar-refractivity contribution >= 4 is 11.9 Å². The van der Waals surface area contributed by atoms with E-state index < -0.39 is 11.7 Å². The fourth-order valence-corrected chi connectivity index (χ4v) is 2.95. The van der Waals surface area contributed by atoms with Gasteiger partial charge in [-0.25, -0.2) is 0 Å². The van der Waals surface area contributed by atoms with Crippen molar-refractivity contribution in [2.75, 3.05) is 13.1 Å². The SMILES string of the molecule is CCCCCC(CC(=O)OC(C)(C)C)C(=O)N1CCCC(O)C1. The molecule has 1 saturated heterocycles. The summed E-state index contributed by atoms with van der Waals surface area (Å²) in [6, 6.07) is 0. The number of hydrogen-bond acceptors (Lipinski definition) is 4. The van der Waals surface area contributed by atoms with Crippen LogP contribution in [0.2, 0.25) is 0 Å². The molecule has 1 aliphatic rings. The third-order valence-corrected chi connectivity index (χ3v) is 4.05. The van der Waals surface area contributed by atoms with Gasteiger partial charge in [0.15, 0.2) is 0 Å². The largest absolute Gasteiger partial charge is 0.460 e. The number of carbonyl (C=O) groups excluding carboxylic acids is 2. The first-order valence-electron chi connectivity index (χ1n) is 8.91. The molecule has 2 atom stereocenters. The van der Waals surface area contributed by atoms with Crippen molar-refractivity contribution < 1.29 is 19.4 Å². The van der Waals surface area contributed by atoms with Gasteiger partial charge in [-0.2, -0.15) is 0 Å². The van der Waals surface area contributed by atoms with Gasteiger partial charge in [-0.15, -0.1) is 0 Å². The Morgan fingerprint density at radius 1 is 1.30 bits per heavy atom. The van der Waals surface area contributed by atoms with E-state index in [0.29, 0.717) is 19.5 Å². The molecule has 134 valence electrons. The molecule has 1 fully saturated rings. The summed E-state index contributed by atoms with van der Waals surface area (Å²) in [5, 5.41) is 9.77. The molecule has 1 aliphatic heterocycles. The molecule has 1 heterocycles. The lowest BCUT2D eigenvalue weighted by Gasteiger charge is -2.33. The van der Waals surface area contributed by atoms with Crippen LogP contribution in [0.5, 0.6) is 0 Å². The Kier molecular flexibility index (Phi) is 8.03. The van der Waals surface area contributed by atoms with Crippen LogP contribution in [-0.4, -0.2) is 46.7 Å². The fraction of sp³-hybridized carbons (Fsp3) is 0.889. The minimum Gasteiger partial charge on any atom is -0.460 e. The number of rotatable bonds is 7. The van der Waals surface area contributed by atoms with Gasteiger partial charge in [0.1, 0.15) is 5.60 Å². The average molecular weight is 327 g/mol. The summed E-state index contributed by atoms with van der Waals surface area (Å²) in [5.41, 5.74) is -0.532. The van der Waals surface area contributed by atoms with E-state index in [-0.39, 0.29) is 24.2 Å². The number of likely N-dealkylation sites (tertiary alicyclic amines) is 1. The number of ether oxygens (including phenoxy) is 1. The monoisotopic (exact) mass is 327 g/mol. The first-order chi connectivity index (χ1) is 10.7. The number of hydrogen-bond donors (Lipinski definition) is 1. The minimum atomic E-state index is -0.532. The van der Waals surface area contributed by atoms with Gasteiger partial charge in [-0.05, 0) is 40.0 Å². The van der Waals surface area contributed by atoms with Gasteiger partial charge in [0.2, 0.25) is 5.91 Å². The van der Waals surface area contributed by atoms with E-state index in [1.165, 1.54) is 0 Å². The summed E-state index contributed by atoms with van der Waals surface area (Å²) in [7, 11) is 0. The summed E-state index contributed by atoms with van der Waals surface area (Å²) >= 11 is 0. The highest BCUT2D eigenvalue weighted by Gasteiger charge is 2.30. The van der Waals surface area contributed by atoms with Crippen molar-refractivity contribution in [3.63, 3.8) is 0 Å². The normalized spacial score (nSPS) is 20.2. The number of β-amino-alcohol motifs (C(OH)–C–C–N with tert-alkyl or cyclic N) is 1. The molecule has 0 aliphatic carbocycles. The zero-order valence-electron chi connectivity index (χ0n) is 15.1.